The molecule has 0 aliphatic carbocycles. The van der Waals surface area contributed by atoms with Crippen LogP contribution in [0.5, 0.6) is 0 Å². The van der Waals surface area contributed by atoms with Crippen molar-refractivity contribution in [3.05, 3.63) is 60.5 Å². The Morgan fingerprint density at radius 2 is 1.64 bits per heavy atom. The molecule has 2 heterocycles. The molecule has 0 N–H and O–H groups in total. The van der Waals surface area contributed by atoms with Gasteiger partial charge in [-0.15, -0.1) is 0 Å². The van der Waals surface area contributed by atoms with Gasteiger partial charge in [-0.1, -0.05) is 18.2 Å². The van der Waals surface area contributed by atoms with Crippen molar-refractivity contribution in [3.63, 3.8) is 0 Å². The van der Waals surface area contributed by atoms with Crippen LogP contribution in [-0.4, -0.2) is 22.9 Å². The molecule has 1 fully saturated rings. The maximum Gasteiger partial charge on any atom is 0.494 e. The van der Waals surface area contributed by atoms with Crippen molar-refractivity contribution in [1.82, 2.24) is 4.57 Å². The van der Waals surface area contributed by atoms with E-state index in [9.17, 15) is 4.39 Å². The molecule has 1 aliphatic heterocycles. The van der Waals surface area contributed by atoms with Crippen molar-refractivity contribution in [1.29, 1.82) is 0 Å². The molecule has 0 radical (unpaired) electrons. The predicted octanol–water partition coefficient (Wildman–Crippen LogP) is 4.07. The molecule has 3 aromatic rings. The topological polar surface area (TPSA) is 23.4 Å². The first kappa shape index (κ1) is 16.4. The highest BCUT2D eigenvalue weighted by Gasteiger charge is 2.51. The van der Waals surface area contributed by atoms with E-state index >= 15 is 0 Å². The van der Waals surface area contributed by atoms with Gasteiger partial charge < -0.3 is 13.9 Å². The molecule has 2 aromatic carbocycles. The summed E-state index contributed by atoms with van der Waals surface area (Å²) >= 11 is 0. The Morgan fingerprint density at radius 3 is 2.32 bits per heavy atom. The summed E-state index contributed by atoms with van der Waals surface area (Å²) < 4.78 is 27.8. The summed E-state index contributed by atoms with van der Waals surface area (Å²) in [7, 11) is -0.382. The summed E-state index contributed by atoms with van der Waals surface area (Å²) in [6, 6.07) is 14.7. The van der Waals surface area contributed by atoms with Gasteiger partial charge in [0, 0.05) is 11.9 Å². The third-order valence-corrected chi connectivity index (χ3v) is 5.33. The minimum absolute atomic E-state index is 0.242. The second kappa shape index (κ2) is 5.45. The first-order valence-corrected chi connectivity index (χ1v) is 8.49. The number of aromatic nitrogens is 1. The van der Waals surface area contributed by atoms with E-state index in [2.05, 4.69) is 6.07 Å². The van der Waals surface area contributed by atoms with Gasteiger partial charge in [0.1, 0.15) is 5.82 Å². The fraction of sp³-hybridized carbons (Fsp3) is 0.300. The molecule has 25 heavy (non-hydrogen) atoms. The Kier molecular flexibility index (Phi) is 3.57. The maximum atomic E-state index is 13.5. The molecule has 0 spiro atoms. The number of hydrogen-bond donors (Lipinski definition) is 0. The van der Waals surface area contributed by atoms with Crippen LogP contribution in [0.25, 0.3) is 16.6 Å². The molecule has 4 rings (SSSR count). The molecular weight excluding hydrogens is 316 g/mol. The van der Waals surface area contributed by atoms with Crippen LogP contribution in [0.15, 0.2) is 54.7 Å². The fourth-order valence-corrected chi connectivity index (χ4v) is 3.14. The van der Waals surface area contributed by atoms with Crippen molar-refractivity contribution >= 4 is 23.5 Å². The largest absolute Gasteiger partial charge is 0.494 e. The van der Waals surface area contributed by atoms with Crippen LogP contribution in [0.3, 0.4) is 0 Å². The molecule has 0 unspecified atom stereocenters. The second-order valence-electron chi connectivity index (χ2n) is 7.57. The van der Waals surface area contributed by atoms with Gasteiger partial charge in [0.05, 0.1) is 16.7 Å². The summed E-state index contributed by atoms with van der Waals surface area (Å²) in [6.45, 7) is 8.19. The lowest BCUT2D eigenvalue weighted by molar-refractivity contribution is 0.00578. The molecule has 128 valence electrons. The minimum Gasteiger partial charge on any atom is -0.399 e. The van der Waals surface area contributed by atoms with Crippen molar-refractivity contribution in [2.75, 3.05) is 0 Å². The number of nitrogens with zero attached hydrogens (tertiary/aromatic N) is 1. The SMILES string of the molecule is CC1(C)OB(c2ccc3c(ccn3-c3cccc(F)c3)c2)OC1(C)C. The van der Waals surface area contributed by atoms with Gasteiger partial charge >= 0.3 is 7.12 Å². The van der Waals surface area contributed by atoms with E-state index in [4.69, 9.17) is 9.31 Å². The van der Waals surface area contributed by atoms with Gasteiger partial charge in [-0.05, 0) is 68.9 Å². The lowest BCUT2D eigenvalue weighted by Crippen LogP contribution is -2.41. The first-order valence-electron chi connectivity index (χ1n) is 8.49. The quantitative estimate of drug-likeness (QED) is 0.658. The van der Waals surface area contributed by atoms with E-state index in [1.165, 1.54) is 12.1 Å². The molecule has 1 saturated heterocycles. The van der Waals surface area contributed by atoms with Crippen molar-refractivity contribution < 1.29 is 13.7 Å². The van der Waals surface area contributed by atoms with E-state index in [0.29, 0.717) is 0 Å². The first-order chi connectivity index (χ1) is 11.8. The monoisotopic (exact) mass is 337 g/mol. The molecule has 0 bridgehead atoms. The van der Waals surface area contributed by atoms with Gasteiger partial charge in [0.25, 0.3) is 0 Å². The van der Waals surface area contributed by atoms with Gasteiger partial charge in [0.15, 0.2) is 0 Å². The predicted molar refractivity (Wildman–Crippen MR) is 98.9 cm³/mol. The molecule has 5 heteroatoms. The Balaban J connectivity index is 1.72. The van der Waals surface area contributed by atoms with Gasteiger partial charge in [-0.2, -0.15) is 0 Å². The Hall–Kier alpha value is -2.11. The van der Waals surface area contributed by atoms with Crippen LogP contribution in [0.4, 0.5) is 4.39 Å². The van der Waals surface area contributed by atoms with Gasteiger partial charge in [-0.25, -0.2) is 4.39 Å². The Labute approximate surface area is 147 Å². The van der Waals surface area contributed by atoms with E-state index in [0.717, 1.165) is 22.1 Å². The van der Waals surface area contributed by atoms with Crippen LogP contribution < -0.4 is 5.46 Å². The number of hydrogen-bond acceptors (Lipinski definition) is 2. The average molecular weight is 337 g/mol. The van der Waals surface area contributed by atoms with Crippen LogP contribution in [0, 0.1) is 5.82 Å². The lowest BCUT2D eigenvalue weighted by atomic mass is 9.78. The zero-order valence-electron chi connectivity index (χ0n) is 14.9. The maximum absolute atomic E-state index is 13.5. The zero-order chi connectivity index (χ0) is 17.8. The third kappa shape index (κ3) is 2.68. The summed E-state index contributed by atoms with van der Waals surface area (Å²) in [5, 5.41) is 1.07. The number of rotatable bonds is 2. The van der Waals surface area contributed by atoms with Gasteiger partial charge in [-0.3, -0.25) is 0 Å². The third-order valence-electron chi connectivity index (χ3n) is 5.33. The minimum atomic E-state index is -0.382. The van der Waals surface area contributed by atoms with Crippen LogP contribution >= 0.6 is 0 Å². The number of halogens is 1. The Bertz CT molecular complexity index is 932. The van der Waals surface area contributed by atoms with E-state index < -0.39 is 0 Å². The summed E-state index contributed by atoms with van der Waals surface area (Å²) in [6.07, 6.45) is 1.95. The lowest BCUT2D eigenvalue weighted by Gasteiger charge is -2.32. The van der Waals surface area contributed by atoms with Crippen molar-refractivity contribution in [3.8, 4) is 5.69 Å². The molecule has 3 nitrogen and oxygen atoms in total. The van der Waals surface area contributed by atoms with Gasteiger partial charge in [0.2, 0.25) is 0 Å². The number of benzene rings is 2. The highest BCUT2D eigenvalue weighted by molar-refractivity contribution is 6.62. The van der Waals surface area contributed by atoms with Crippen LogP contribution in [0.2, 0.25) is 0 Å². The standard InChI is InChI=1S/C20H21BFNO2/c1-19(2)20(3,4)25-21(24-19)15-8-9-18-14(12-15)10-11-23(18)17-7-5-6-16(22)13-17/h5-13H,1-4H3. The molecular formula is C20H21BFNO2. The molecule has 0 amide bonds. The van der Waals surface area contributed by atoms with E-state index in [1.807, 2.05) is 62.7 Å². The molecule has 1 aliphatic rings. The molecule has 1 aromatic heterocycles. The second-order valence-corrected chi connectivity index (χ2v) is 7.57. The summed E-state index contributed by atoms with van der Waals surface area (Å²) in [4.78, 5) is 0. The van der Waals surface area contributed by atoms with Crippen LogP contribution in [-0.2, 0) is 9.31 Å². The Morgan fingerprint density at radius 1 is 0.920 bits per heavy atom. The van der Waals surface area contributed by atoms with Crippen LogP contribution in [0.1, 0.15) is 27.7 Å². The van der Waals surface area contributed by atoms with Crippen molar-refractivity contribution in [2.45, 2.75) is 38.9 Å². The van der Waals surface area contributed by atoms with E-state index in [-0.39, 0.29) is 24.1 Å². The summed E-state index contributed by atoms with van der Waals surface area (Å²) in [5.74, 6) is -0.242. The number of fused-ring (bicyclic) bond motifs is 1. The van der Waals surface area contributed by atoms with Crippen molar-refractivity contribution in [2.24, 2.45) is 0 Å². The highest BCUT2D eigenvalue weighted by atomic mass is 19.1. The molecule has 0 atom stereocenters. The average Bonchev–Trinajstić information content (AvgIpc) is 3.05. The highest BCUT2D eigenvalue weighted by Crippen LogP contribution is 2.36. The zero-order valence-corrected chi connectivity index (χ0v) is 14.9. The summed E-state index contributed by atoms with van der Waals surface area (Å²) in [5.41, 5.74) is 2.09. The molecule has 0 saturated carbocycles. The smallest absolute Gasteiger partial charge is 0.399 e. The van der Waals surface area contributed by atoms with E-state index in [1.54, 1.807) is 6.07 Å². The normalized spacial score (nSPS) is 18.8. The fourth-order valence-electron chi connectivity index (χ4n) is 3.14.